The molecule has 4 nitrogen and oxygen atoms in total. The van der Waals surface area contributed by atoms with Gasteiger partial charge in [0.2, 0.25) is 0 Å². The van der Waals surface area contributed by atoms with E-state index in [0.29, 0.717) is 5.75 Å². The van der Waals surface area contributed by atoms with Crippen LogP contribution in [0, 0.1) is 0 Å². The maximum Gasteiger partial charge on any atom is 0.404 e. The van der Waals surface area contributed by atoms with Crippen LogP contribution in [-0.2, 0) is 11.3 Å². The molecule has 1 aromatic rings. The Morgan fingerprint density at radius 3 is 2.67 bits per heavy atom. The van der Waals surface area contributed by atoms with Crippen molar-refractivity contribution in [3.8, 4) is 5.75 Å². The predicted molar refractivity (Wildman–Crippen MR) is 56.6 cm³/mol. The Kier molecular flexibility index (Phi) is 3.97. The van der Waals surface area contributed by atoms with E-state index in [9.17, 15) is 4.79 Å². The van der Waals surface area contributed by atoms with E-state index in [1.165, 1.54) is 0 Å². The number of hydrogen-bond donors (Lipinski definition) is 1. The molecular formula is C11H15NO3. The summed E-state index contributed by atoms with van der Waals surface area (Å²) < 4.78 is 10.3. The van der Waals surface area contributed by atoms with Crippen LogP contribution < -0.4 is 10.5 Å². The van der Waals surface area contributed by atoms with Gasteiger partial charge in [-0.05, 0) is 19.9 Å². The van der Waals surface area contributed by atoms with Crippen LogP contribution in [0.25, 0.3) is 0 Å². The number of carbonyl (C=O) groups excluding carboxylic acids is 1. The lowest BCUT2D eigenvalue weighted by atomic mass is 10.2. The zero-order valence-electron chi connectivity index (χ0n) is 8.90. The number of amides is 1. The SMILES string of the molecule is CC(C)Oc1ccccc1COC(N)=O. The van der Waals surface area contributed by atoms with E-state index >= 15 is 0 Å². The molecular weight excluding hydrogens is 194 g/mol. The number of benzene rings is 1. The lowest BCUT2D eigenvalue weighted by Crippen LogP contribution is -2.14. The lowest BCUT2D eigenvalue weighted by Gasteiger charge is -2.13. The van der Waals surface area contributed by atoms with Gasteiger partial charge in [0.15, 0.2) is 0 Å². The third kappa shape index (κ3) is 3.89. The molecule has 82 valence electrons. The predicted octanol–water partition coefficient (Wildman–Crippen LogP) is 2.07. The highest BCUT2D eigenvalue weighted by molar-refractivity contribution is 5.64. The Balaban J connectivity index is 2.72. The molecule has 0 radical (unpaired) electrons. The highest BCUT2D eigenvalue weighted by Crippen LogP contribution is 2.19. The number of rotatable bonds is 4. The zero-order chi connectivity index (χ0) is 11.3. The first-order chi connectivity index (χ1) is 7.09. The first-order valence-corrected chi connectivity index (χ1v) is 4.76. The van der Waals surface area contributed by atoms with Gasteiger partial charge in [-0.2, -0.15) is 0 Å². The molecule has 0 aliphatic heterocycles. The van der Waals surface area contributed by atoms with Crippen molar-refractivity contribution in [1.82, 2.24) is 0 Å². The molecule has 1 amide bonds. The van der Waals surface area contributed by atoms with Crippen LogP contribution in [0.1, 0.15) is 19.4 Å². The van der Waals surface area contributed by atoms with Crippen LogP contribution in [0.15, 0.2) is 24.3 Å². The van der Waals surface area contributed by atoms with Crippen molar-refractivity contribution in [3.63, 3.8) is 0 Å². The second-order valence-corrected chi connectivity index (χ2v) is 3.38. The molecule has 0 saturated heterocycles. The van der Waals surface area contributed by atoms with Crippen molar-refractivity contribution < 1.29 is 14.3 Å². The minimum atomic E-state index is -0.783. The summed E-state index contributed by atoms with van der Waals surface area (Å²) in [5.41, 5.74) is 5.70. The molecule has 0 unspecified atom stereocenters. The summed E-state index contributed by atoms with van der Waals surface area (Å²) >= 11 is 0. The first-order valence-electron chi connectivity index (χ1n) is 4.76. The highest BCUT2D eigenvalue weighted by Gasteiger charge is 2.06. The number of ether oxygens (including phenoxy) is 2. The monoisotopic (exact) mass is 209 g/mol. The summed E-state index contributed by atoms with van der Waals surface area (Å²) in [7, 11) is 0. The molecule has 0 atom stereocenters. The van der Waals surface area contributed by atoms with Gasteiger partial charge < -0.3 is 15.2 Å². The van der Waals surface area contributed by atoms with Crippen LogP contribution in [0.3, 0.4) is 0 Å². The van der Waals surface area contributed by atoms with Gasteiger partial charge in [0, 0.05) is 5.56 Å². The number of carbonyl (C=O) groups is 1. The minimum Gasteiger partial charge on any atom is -0.491 e. The number of para-hydroxylation sites is 1. The molecule has 1 rings (SSSR count). The first kappa shape index (κ1) is 11.4. The van der Waals surface area contributed by atoms with Gasteiger partial charge in [0.1, 0.15) is 12.4 Å². The lowest BCUT2D eigenvalue weighted by molar-refractivity contribution is 0.147. The molecule has 0 bridgehead atoms. The minimum absolute atomic E-state index is 0.0831. The van der Waals surface area contributed by atoms with E-state index in [1.54, 1.807) is 0 Å². The molecule has 2 N–H and O–H groups in total. The van der Waals surface area contributed by atoms with Gasteiger partial charge in [-0.15, -0.1) is 0 Å². The fourth-order valence-corrected chi connectivity index (χ4v) is 1.14. The van der Waals surface area contributed by atoms with E-state index in [2.05, 4.69) is 0 Å². The summed E-state index contributed by atoms with van der Waals surface area (Å²) in [5.74, 6) is 0.716. The molecule has 4 heteroatoms. The maximum absolute atomic E-state index is 10.5. The highest BCUT2D eigenvalue weighted by atomic mass is 16.5. The molecule has 1 aromatic carbocycles. The van der Waals surface area contributed by atoms with Gasteiger partial charge in [0.05, 0.1) is 6.10 Å². The van der Waals surface area contributed by atoms with Crippen molar-refractivity contribution in [2.24, 2.45) is 5.73 Å². The van der Waals surface area contributed by atoms with Gasteiger partial charge in [-0.1, -0.05) is 18.2 Å². The van der Waals surface area contributed by atoms with Crippen LogP contribution in [-0.4, -0.2) is 12.2 Å². The van der Waals surface area contributed by atoms with Gasteiger partial charge >= 0.3 is 6.09 Å². The molecule has 0 aliphatic rings. The summed E-state index contributed by atoms with van der Waals surface area (Å²) in [5, 5.41) is 0. The van der Waals surface area contributed by atoms with E-state index in [1.807, 2.05) is 38.1 Å². The van der Waals surface area contributed by atoms with Crippen molar-refractivity contribution in [2.75, 3.05) is 0 Å². The van der Waals surface area contributed by atoms with Crippen LogP contribution in [0.2, 0.25) is 0 Å². The Morgan fingerprint density at radius 2 is 2.07 bits per heavy atom. The van der Waals surface area contributed by atoms with Crippen LogP contribution >= 0.6 is 0 Å². The van der Waals surface area contributed by atoms with E-state index in [0.717, 1.165) is 5.56 Å². The van der Waals surface area contributed by atoms with Crippen LogP contribution in [0.5, 0.6) is 5.75 Å². The van der Waals surface area contributed by atoms with Crippen LogP contribution in [0.4, 0.5) is 4.79 Å². The molecule has 0 aromatic heterocycles. The summed E-state index contributed by atoms with van der Waals surface area (Å²) in [6, 6.07) is 7.39. The van der Waals surface area contributed by atoms with E-state index < -0.39 is 6.09 Å². The summed E-state index contributed by atoms with van der Waals surface area (Å²) in [6.45, 7) is 4.01. The Hall–Kier alpha value is -1.71. The van der Waals surface area contributed by atoms with E-state index in [-0.39, 0.29) is 12.7 Å². The number of nitrogens with two attached hydrogens (primary N) is 1. The second kappa shape index (κ2) is 5.24. The van der Waals surface area contributed by atoms with Crippen molar-refractivity contribution in [2.45, 2.75) is 26.6 Å². The quantitative estimate of drug-likeness (QED) is 0.825. The largest absolute Gasteiger partial charge is 0.491 e. The number of hydrogen-bond acceptors (Lipinski definition) is 3. The molecule has 0 saturated carbocycles. The normalized spacial score (nSPS) is 10.1. The van der Waals surface area contributed by atoms with Gasteiger partial charge in [-0.3, -0.25) is 0 Å². The Labute approximate surface area is 89.0 Å². The van der Waals surface area contributed by atoms with Crippen molar-refractivity contribution in [3.05, 3.63) is 29.8 Å². The maximum atomic E-state index is 10.5. The zero-order valence-corrected chi connectivity index (χ0v) is 8.90. The summed E-state index contributed by atoms with van der Waals surface area (Å²) in [6.07, 6.45) is -0.700. The fourth-order valence-electron chi connectivity index (χ4n) is 1.14. The number of primary amides is 1. The standard InChI is InChI=1S/C11H15NO3/c1-8(2)15-10-6-4-3-5-9(10)7-14-11(12)13/h3-6,8H,7H2,1-2H3,(H2,12,13). The third-order valence-corrected chi connectivity index (χ3v) is 1.71. The Bertz CT molecular complexity index is 336. The van der Waals surface area contributed by atoms with E-state index in [4.69, 9.17) is 15.2 Å². The van der Waals surface area contributed by atoms with Crippen molar-refractivity contribution in [1.29, 1.82) is 0 Å². The molecule has 0 spiro atoms. The second-order valence-electron chi connectivity index (χ2n) is 3.38. The fraction of sp³-hybridized carbons (Fsp3) is 0.364. The topological polar surface area (TPSA) is 61.6 Å². The average molecular weight is 209 g/mol. The third-order valence-electron chi connectivity index (χ3n) is 1.71. The molecule has 15 heavy (non-hydrogen) atoms. The van der Waals surface area contributed by atoms with Crippen molar-refractivity contribution >= 4 is 6.09 Å². The molecule has 0 aliphatic carbocycles. The van der Waals surface area contributed by atoms with Gasteiger partial charge in [0.25, 0.3) is 0 Å². The summed E-state index contributed by atoms with van der Waals surface area (Å²) in [4.78, 5) is 10.5. The molecule has 0 heterocycles. The molecule has 0 fully saturated rings. The smallest absolute Gasteiger partial charge is 0.404 e. The average Bonchev–Trinajstić information content (AvgIpc) is 2.15. The van der Waals surface area contributed by atoms with Gasteiger partial charge in [-0.25, -0.2) is 4.79 Å². The Morgan fingerprint density at radius 1 is 1.40 bits per heavy atom.